The van der Waals surface area contributed by atoms with E-state index in [-0.39, 0.29) is 5.41 Å². The maximum absolute atomic E-state index is 7.34. The maximum atomic E-state index is 7.34. The van der Waals surface area contributed by atoms with Gasteiger partial charge in [0, 0.05) is 0 Å². The summed E-state index contributed by atoms with van der Waals surface area (Å²) in [7, 11) is 0. The molecule has 0 aliphatic heterocycles. The fraction of sp³-hybridized carbons (Fsp3) is 0.333. The van der Waals surface area contributed by atoms with Gasteiger partial charge in [-0.1, -0.05) is 0 Å². The summed E-state index contributed by atoms with van der Waals surface area (Å²) in [5, 5.41) is 0. The fourth-order valence-electron chi connectivity index (χ4n) is 6.70. The SMILES string of the molecule is CC1=C(C)C(C)(C)[C]([Ti]([O]c2ccc(C)cc2-c2ccccc2C(C)C)[O]c2ccc(C)cc2-c2ccccc2C(C)C)=C1C. The van der Waals surface area contributed by atoms with E-state index >= 15 is 0 Å². The van der Waals surface area contributed by atoms with Crippen LogP contribution in [0.25, 0.3) is 22.3 Å². The molecular weight excluding hydrogens is 584 g/mol. The quantitative estimate of drug-likeness (QED) is 0.171. The van der Waals surface area contributed by atoms with E-state index in [2.05, 4.69) is 161 Å². The van der Waals surface area contributed by atoms with Gasteiger partial charge < -0.3 is 0 Å². The molecule has 0 aromatic heterocycles. The van der Waals surface area contributed by atoms with E-state index in [9.17, 15) is 0 Å². The molecule has 0 saturated heterocycles. The summed E-state index contributed by atoms with van der Waals surface area (Å²) >= 11 is -2.97. The molecule has 0 atom stereocenters. The van der Waals surface area contributed by atoms with Gasteiger partial charge in [-0.25, -0.2) is 0 Å². The zero-order valence-corrected chi connectivity index (χ0v) is 30.6. The third kappa shape index (κ3) is 6.51. The van der Waals surface area contributed by atoms with Gasteiger partial charge in [-0.15, -0.1) is 0 Å². The van der Waals surface area contributed by atoms with Crippen LogP contribution in [0.3, 0.4) is 0 Å². The van der Waals surface area contributed by atoms with Crippen LogP contribution < -0.4 is 6.64 Å². The van der Waals surface area contributed by atoms with Crippen LogP contribution >= 0.6 is 0 Å². The molecular formula is C42H49O2Ti. The number of allylic oxidation sites excluding steroid dienone is 4. The first-order valence-electron chi connectivity index (χ1n) is 16.3. The van der Waals surface area contributed by atoms with E-state index < -0.39 is 18.6 Å². The fourth-order valence-corrected chi connectivity index (χ4v) is 10.1. The van der Waals surface area contributed by atoms with Crippen LogP contribution in [0, 0.1) is 19.3 Å². The number of hydrogen-bond acceptors (Lipinski definition) is 2. The molecule has 5 rings (SSSR count). The van der Waals surface area contributed by atoms with E-state index in [0.29, 0.717) is 11.8 Å². The van der Waals surface area contributed by atoms with Gasteiger partial charge >= 0.3 is 280 Å². The summed E-state index contributed by atoms with van der Waals surface area (Å²) in [4.78, 5) is 0. The second kappa shape index (κ2) is 13.2. The predicted molar refractivity (Wildman–Crippen MR) is 188 cm³/mol. The molecule has 0 radical (unpaired) electrons. The number of aryl methyl sites for hydroxylation is 2. The van der Waals surface area contributed by atoms with Crippen molar-refractivity contribution in [3.8, 4) is 33.8 Å². The van der Waals surface area contributed by atoms with Gasteiger partial charge in [-0.3, -0.25) is 0 Å². The summed E-state index contributed by atoms with van der Waals surface area (Å²) in [5.41, 5.74) is 13.7. The van der Waals surface area contributed by atoms with Crippen molar-refractivity contribution in [2.75, 3.05) is 0 Å². The molecule has 0 fully saturated rings. The Hall–Kier alpha value is -3.33. The number of benzene rings is 4. The Labute approximate surface area is 279 Å². The van der Waals surface area contributed by atoms with Crippen LogP contribution in [-0.2, 0) is 18.6 Å². The molecule has 0 amide bonds. The molecule has 233 valence electrons. The molecule has 0 bridgehead atoms. The Morgan fingerprint density at radius 1 is 0.533 bits per heavy atom. The predicted octanol–water partition coefficient (Wildman–Crippen LogP) is 12.4. The molecule has 1 aliphatic carbocycles. The molecule has 0 N–H and O–H groups in total. The minimum absolute atomic E-state index is 0.148. The zero-order chi connectivity index (χ0) is 32.6. The minimum atomic E-state index is -2.97. The van der Waals surface area contributed by atoms with Crippen molar-refractivity contribution in [3.63, 3.8) is 0 Å². The Balaban J connectivity index is 1.69. The van der Waals surface area contributed by atoms with E-state index in [4.69, 9.17) is 6.64 Å². The van der Waals surface area contributed by atoms with Crippen molar-refractivity contribution in [1.29, 1.82) is 0 Å². The van der Waals surface area contributed by atoms with Gasteiger partial charge in [0.15, 0.2) is 0 Å². The van der Waals surface area contributed by atoms with Gasteiger partial charge in [-0.05, 0) is 0 Å². The Kier molecular flexibility index (Phi) is 9.69. The van der Waals surface area contributed by atoms with Crippen molar-refractivity contribution in [2.45, 2.75) is 88.0 Å². The Bertz CT molecular complexity index is 1680. The topological polar surface area (TPSA) is 18.5 Å². The number of hydrogen-bond donors (Lipinski definition) is 0. The van der Waals surface area contributed by atoms with Gasteiger partial charge in [0.25, 0.3) is 0 Å². The summed E-state index contributed by atoms with van der Waals surface area (Å²) in [5.74, 6) is 2.59. The van der Waals surface area contributed by atoms with Crippen molar-refractivity contribution < 1.29 is 25.3 Å². The van der Waals surface area contributed by atoms with Gasteiger partial charge in [0.2, 0.25) is 0 Å². The third-order valence-corrected chi connectivity index (χ3v) is 13.2. The molecule has 3 heteroatoms. The van der Waals surface area contributed by atoms with Gasteiger partial charge in [0.1, 0.15) is 0 Å². The van der Waals surface area contributed by atoms with Crippen LogP contribution in [0.5, 0.6) is 11.5 Å². The number of rotatable bonds is 9. The molecule has 1 aliphatic rings. The van der Waals surface area contributed by atoms with Gasteiger partial charge in [-0.2, -0.15) is 0 Å². The molecule has 45 heavy (non-hydrogen) atoms. The van der Waals surface area contributed by atoms with Crippen molar-refractivity contribution in [2.24, 2.45) is 5.41 Å². The summed E-state index contributed by atoms with van der Waals surface area (Å²) in [6, 6.07) is 30.7. The van der Waals surface area contributed by atoms with Crippen LogP contribution in [0.2, 0.25) is 0 Å². The van der Waals surface area contributed by atoms with Crippen molar-refractivity contribution >= 4 is 0 Å². The van der Waals surface area contributed by atoms with Crippen LogP contribution in [0.4, 0.5) is 0 Å². The van der Waals surface area contributed by atoms with Crippen molar-refractivity contribution in [1.82, 2.24) is 0 Å². The summed E-state index contributed by atoms with van der Waals surface area (Å²) < 4.78 is 16.0. The van der Waals surface area contributed by atoms with E-state index in [1.54, 1.807) is 0 Å². The normalized spacial score (nSPS) is 14.5. The van der Waals surface area contributed by atoms with E-state index in [1.165, 1.54) is 54.0 Å². The molecule has 2 nitrogen and oxygen atoms in total. The van der Waals surface area contributed by atoms with Crippen molar-refractivity contribution in [3.05, 3.63) is 128 Å². The standard InChI is InChI=1S/2C16H18O.C10H15.Ti/c2*1-11(2)13-6-4-5-7-14(13)15-10-12(3)8-9-16(15)17;1-7-6-10(4,5)9(3)8(7)2;/h2*4-11,17H,1-3H3;1-5H3;/q;;;+2/p-2. The molecule has 4 aromatic rings. The van der Waals surface area contributed by atoms with E-state index in [0.717, 1.165) is 22.6 Å². The first kappa shape index (κ1) is 33.0. The molecule has 0 heterocycles. The first-order valence-corrected chi connectivity index (χ1v) is 18.4. The molecule has 0 saturated carbocycles. The monoisotopic (exact) mass is 633 g/mol. The third-order valence-electron chi connectivity index (χ3n) is 9.69. The van der Waals surface area contributed by atoms with Crippen LogP contribution in [-0.4, -0.2) is 0 Å². The summed E-state index contributed by atoms with van der Waals surface area (Å²) in [6.07, 6.45) is 0. The summed E-state index contributed by atoms with van der Waals surface area (Å²) in [6.45, 7) is 24.8. The zero-order valence-electron chi connectivity index (χ0n) is 29.1. The van der Waals surface area contributed by atoms with Crippen LogP contribution in [0.1, 0.15) is 96.4 Å². The Morgan fingerprint density at radius 3 is 1.33 bits per heavy atom. The average Bonchev–Trinajstić information content (AvgIpc) is 3.16. The Morgan fingerprint density at radius 2 is 0.956 bits per heavy atom. The second-order valence-electron chi connectivity index (χ2n) is 13.8. The van der Waals surface area contributed by atoms with Crippen LogP contribution in [0.15, 0.2) is 106 Å². The van der Waals surface area contributed by atoms with E-state index in [1.807, 2.05) is 0 Å². The molecule has 0 spiro atoms. The van der Waals surface area contributed by atoms with Gasteiger partial charge in [0.05, 0.1) is 0 Å². The average molecular weight is 634 g/mol. The second-order valence-corrected chi connectivity index (χ2v) is 16.2. The molecule has 4 aromatic carbocycles. The molecule has 0 unspecified atom stereocenters. The first-order chi connectivity index (χ1) is 21.3.